The van der Waals surface area contributed by atoms with Crippen LogP contribution in [-0.2, 0) is 27.5 Å². The molecule has 0 unspecified atom stereocenters. The van der Waals surface area contributed by atoms with E-state index in [9.17, 15) is 22.8 Å². The number of amides is 2. The highest BCUT2D eigenvalue weighted by atomic mass is 19.4. The summed E-state index contributed by atoms with van der Waals surface area (Å²) in [4.78, 5) is 23.8. The van der Waals surface area contributed by atoms with Crippen molar-refractivity contribution in [2.45, 2.75) is 57.9 Å². The van der Waals surface area contributed by atoms with Crippen LogP contribution < -0.4 is 10.6 Å². The molecule has 0 spiro atoms. The summed E-state index contributed by atoms with van der Waals surface area (Å²) in [5.74, 6) is 0.0512. The summed E-state index contributed by atoms with van der Waals surface area (Å²) >= 11 is 0. The lowest BCUT2D eigenvalue weighted by Gasteiger charge is -2.20. The number of rotatable bonds is 9. The molecular weight excluding hydrogens is 373 g/mol. The number of ether oxygens (including phenoxy) is 1. The van der Waals surface area contributed by atoms with E-state index in [-0.39, 0.29) is 31.5 Å². The Labute approximate surface area is 163 Å². The van der Waals surface area contributed by atoms with E-state index in [0.717, 1.165) is 18.4 Å². The Bertz CT molecular complexity index is 627. The lowest BCUT2D eigenvalue weighted by molar-refractivity contribution is -0.176. The first-order valence-electron chi connectivity index (χ1n) is 9.57. The second kappa shape index (κ2) is 11.0. The summed E-state index contributed by atoms with van der Waals surface area (Å²) in [5.41, 5.74) is 1.43. The van der Waals surface area contributed by atoms with E-state index in [1.807, 2.05) is 0 Å². The molecule has 5 nitrogen and oxygen atoms in total. The van der Waals surface area contributed by atoms with Crippen molar-refractivity contribution in [3.05, 3.63) is 35.4 Å². The molecule has 1 aromatic rings. The molecule has 0 radical (unpaired) electrons. The second-order valence-corrected chi connectivity index (χ2v) is 7.19. The zero-order valence-electron chi connectivity index (χ0n) is 15.8. The Morgan fingerprint density at radius 3 is 2.25 bits per heavy atom. The zero-order valence-corrected chi connectivity index (χ0v) is 15.8. The smallest absolute Gasteiger partial charge is 0.367 e. The molecule has 2 amide bonds. The molecule has 8 heteroatoms. The molecule has 1 aromatic carbocycles. The third-order valence-electron chi connectivity index (χ3n) is 4.69. The van der Waals surface area contributed by atoms with Crippen LogP contribution in [0.4, 0.5) is 13.2 Å². The van der Waals surface area contributed by atoms with E-state index < -0.39 is 12.8 Å². The van der Waals surface area contributed by atoms with Gasteiger partial charge in [0.2, 0.25) is 11.8 Å². The highest BCUT2D eigenvalue weighted by Gasteiger charge is 2.27. The monoisotopic (exact) mass is 400 g/mol. The van der Waals surface area contributed by atoms with Crippen LogP contribution in [0.1, 0.15) is 49.7 Å². The molecule has 1 fully saturated rings. The SMILES string of the molecule is O=C(CNC(=O)CC1CCCCC1)NCc1ccc(COCC(F)(F)F)cc1. The molecule has 0 bridgehead atoms. The van der Waals surface area contributed by atoms with Gasteiger partial charge >= 0.3 is 6.18 Å². The Hall–Kier alpha value is -2.09. The van der Waals surface area contributed by atoms with Crippen LogP contribution in [0.2, 0.25) is 0 Å². The van der Waals surface area contributed by atoms with Crippen LogP contribution in [0.5, 0.6) is 0 Å². The van der Waals surface area contributed by atoms with Crippen molar-refractivity contribution in [2.75, 3.05) is 13.2 Å². The quantitative estimate of drug-likeness (QED) is 0.667. The van der Waals surface area contributed by atoms with E-state index in [4.69, 9.17) is 0 Å². The van der Waals surface area contributed by atoms with Crippen LogP contribution in [0.3, 0.4) is 0 Å². The molecule has 1 saturated carbocycles. The second-order valence-electron chi connectivity index (χ2n) is 7.19. The molecule has 0 saturated heterocycles. The summed E-state index contributed by atoms with van der Waals surface area (Å²) in [6.07, 6.45) is 1.88. The molecular formula is C20H27F3N2O3. The molecule has 0 heterocycles. The number of benzene rings is 1. The normalized spacial score (nSPS) is 15.2. The average molecular weight is 400 g/mol. The van der Waals surface area contributed by atoms with Crippen molar-refractivity contribution in [3.63, 3.8) is 0 Å². The van der Waals surface area contributed by atoms with Gasteiger partial charge in [0.25, 0.3) is 0 Å². The van der Waals surface area contributed by atoms with Gasteiger partial charge in [-0.05, 0) is 29.9 Å². The summed E-state index contributed by atoms with van der Waals surface area (Å²) in [6, 6.07) is 6.75. The van der Waals surface area contributed by atoms with Crippen LogP contribution in [0, 0.1) is 5.92 Å². The fourth-order valence-corrected chi connectivity index (χ4v) is 3.21. The van der Waals surface area contributed by atoms with Crippen molar-refractivity contribution < 1.29 is 27.5 Å². The number of carbonyl (C=O) groups excluding carboxylic acids is 2. The lowest BCUT2D eigenvalue weighted by Crippen LogP contribution is -2.37. The maximum atomic E-state index is 12.0. The van der Waals surface area contributed by atoms with Gasteiger partial charge in [0.15, 0.2) is 0 Å². The Morgan fingerprint density at radius 1 is 0.964 bits per heavy atom. The fraction of sp³-hybridized carbons (Fsp3) is 0.600. The highest BCUT2D eigenvalue weighted by molar-refractivity contribution is 5.84. The van der Waals surface area contributed by atoms with Gasteiger partial charge in [-0.3, -0.25) is 9.59 Å². The molecule has 2 rings (SSSR count). The molecule has 1 aliphatic carbocycles. The number of carbonyl (C=O) groups is 2. The van der Waals surface area contributed by atoms with Gasteiger partial charge in [0.1, 0.15) is 6.61 Å². The average Bonchev–Trinajstić information content (AvgIpc) is 2.65. The highest BCUT2D eigenvalue weighted by Crippen LogP contribution is 2.26. The van der Waals surface area contributed by atoms with Crippen molar-refractivity contribution in [3.8, 4) is 0 Å². The van der Waals surface area contributed by atoms with E-state index in [1.165, 1.54) is 19.3 Å². The van der Waals surface area contributed by atoms with Crippen molar-refractivity contribution in [1.82, 2.24) is 10.6 Å². The topological polar surface area (TPSA) is 67.4 Å². The fourth-order valence-electron chi connectivity index (χ4n) is 3.21. The number of hydrogen-bond acceptors (Lipinski definition) is 3. The Kier molecular flexibility index (Phi) is 8.76. The minimum absolute atomic E-state index is 0.0606. The summed E-state index contributed by atoms with van der Waals surface area (Å²) < 4.78 is 40.7. The van der Waals surface area contributed by atoms with Crippen LogP contribution in [-0.4, -0.2) is 31.1 Å². The third kappa shape index (κ3) is 9.21. The number of alkyl halides is 3. The molecule has 0 atom stereocenters. The van der Waals surface area contributed by atoms with E-state index in [0.29, 0.717) is 17.9 Å². The maximum Gasteiger partial charge on any atom is 0.411 e. The van der Waals surface area contributed by atoms with Gasteiger partial charge in [0.05, 0.1) is 13.2 Å². The largest absolute Gasteiger partial charge is 0.411 e. The first kappa shape index (κ1) is 22.2. The molecule has 1 aliphatic rings. The van der Waals surface area contributed by atoms with Crippen molar-refractivity contribution in [1.29, 1.82) is 0 Å². The predicted molar refractivity (Wildman–Crippen MR) is 98.2 cm³/mol. The van der Waals surface area contributed by atoms with Gasteiger partial charge in [-0.25, -0.2) is 0 Å². The predicted octanol–water partition coefficient (Wildman–Crippen LogP) is 3.47. The lowest BCUT2D eigenvalue weighted by atomic mass is 9.87. The summed E-state index contributed by atoms with van der Waals surface area (Å²) in [7, 11) is 0. The van der Waals surface area contributed by atoms with E-state index in [2.05, 4.69) is 15.4 Å². The van der Waals surface area contributed by atoms with Gasteiger partial charge in [-0.1, -0.05) is 43.5 Å². The minimum Gasteiger partial charge on any atom is -0.367 e. The van der Waals surface area contributed by atoms with Crippen LogP contribution >= 0.6 is 0 Å². The molecule has 28 heavy (non-hydrogen) atoms. The zero-order chi connectivity index (χ0) is 20.4. The molecule has 0 aliphatic heterocycles. The molecule has 156 valence electrons. The summed E-state index contributed by atoms with van der Waals surface area (Å²) in [5, 5.41) is 5.36. The molecule has 0 aromatic heterocycles. The van der Waals surface area contributed by atoms with Crippen molar-refractivity contribution in [2.24, 2.45) is 5.92 Å². The van der Waals surface area contributed by atoms with Crippen molar-refractivity contribution >= 4 is 11.8 Å². The number of halogens is 3. The Balaban J connectivity index is 1.61. The number of hydrogen-bond donors (Lipinski definition) is 2. The van der Waals surface area contributed by atoms with Gasteiger partial charge in [0, 0.05) is 13.0 Å². The van der Waals surface area contributed by atoms with Gasteiger partial charge in [-0.2, -0.15) is 13.2 Å². The summed E-state index contributed by atoms with van der Waals surface area (Å²) in [6.45, 7) is -1.19. The van der Waals surface area contributed by atoms with Gasteiger partial charge < -0.3 is 15.4 Å². The minimum atomic E-state index is -4.34. The first-order chi connectivity index (χ1) is 13.3. The third-order valence-corrected chi connectivity index (χ3v) is 4.69. The van der Waals surface area contributed by atoms with E-state index >= 15 is 0 Å². The van der Waals surface area contributed by atoms with E-state index in [1.54, 1.807) is 24.3 Å². The number of nitrogens with one attached hydrogen (secondary N) is 2. The standard InChI is InChI=1S/C20H27F3N2O3/c21-20(22,23)14-28-13-17-8-6-16(7-9-17)11-24-19(27)12-25-18(26)10-15-4-2-1-3-5-15/h6-9,15H,1-5,10-14H2,(H,24,27)(H,25,26). The maximum absolute atomic E-state index is 12.0. The first-order valence-corrected chi connectivity index (χ1v) is 9.57. The van der Waals surface area contributed by atoms with Gasteiger partial charge in [-0.15, -0.1) is 0 Å². The molecule has 2 N–H and O–H groups in total. The van der Waals surface area contributed by atoms with Crippen LogP contribution in [0.15, 0.2) is 24.3 Å². The Morgan fingerprint density at radius 2 is 1.61 bits per heavy atom. The van der Waals surface area contributed by atoms with Crippen LogP contribution in [0.25, 0.3) is 0 Å².